The minimum atomic E-state index is -0.0172. The Morgan fingerprint density at radius 3 is 2.13 bits per heavy atom. The highest BCUT2D eigenvalue weighted by molar-refractivity contribution is 5.94. The molecule has 3 aromatic rings. The summed E-state index contributed by atoms with van der Waals surface area (Å²) in [5.41, 5.74) is 2.73. The lowest BCUT2D eigenvalue weighted by Crippen LogP contribution is -2.50. The number of carbonyl (C=O) groups excluding carboxylic acids is 2. The predicted molar refractivity (Wildman–Crippen MR) is 157 cm³/mol. The Bertz CT molecular complexity index is 1190. The Morgan fingerprint density at radius 2 is 1.44 bits per heavy atom. The molecule has 1 aromatic heterocycles. The van der Waals surface area contributed by atoms with Crippen LogP contribution in [0.1, 0.15) is 99.7 Å². The zero-order chi connectivity index (χ0) is 26.9. The fraction of sp³-hybridized carbons (Fsp3) is 0.545. The number of rotatable bonds is 11. The van der Waals surface area contributed by atoms with Gasteiger partial charge in [0.2, 0.25) is 5.91 Å². The number of unbranched alkanes of at least 4 members (excludes halogenated alkanes) is 2. The first kappa shape index (κ1) is 27.4. The van der Waals surface area contributed by atoms with Gasteiger partial charge in [-0.25, -0.2) is 4.98 Å². The van der Waals surface area contributed by atoms with Crippen molar-refractivity contribution in [1.29, 1.82) is 0 Å². The van der Waals surface area contributed by atoms with Crippen molar-refractivity contribution in [2.45, 2.75) is 109 Å². The topological polar surface area (TPSA) is 67.2 Å². The van der Waals surface area contributed by atoms with Gasteiger partial charge in [-0.05, 0) is 62.8 Å². The number of amides is 2. The van der Waals surface area contributed by atoms with E-state index in [0.717, 1.165) is 68.2 Å². The molecule has 0 aliphatic heterocycles. The van der Waals surface area contributed by atoms with Gasteiger partial charge in [0.25, 0.3) is 5.91 Å². The summed E-state index contributed by atoms with van der Waals surface area (Å²) in [6.07, 6.45) is 15.9. The smallest absolute Gasteiger partial charge is 0.251 e. The predicted octanol–water partition coefficient (Wildman–Crippen LogP) is 6.67. The van der Waals surface area contributed by atoms with E-state index in [1.165, 1.54) is 38.5 Å². The number of para-hydroxylation sites is 2. The number of benzene rings is 2. The Kier molecular flexibility index (Phi) is 9.68. The summed E-state index contributed by atoms with van der Waals surface area (Å²) in [7, 11) is 0. The monoisotopic (exact) mass is 528 g/mol. The molecular formula is C33H44N4O2. The second-order valence-corrected chi connectivity index (χ2v) is 11.4. The molecule has 6 heteroatoms. The van der Waals surface area contributed by atoms with E-state index in [0.29, 0.717) is 30.7 Å². The minimum absolute atomic E-state index is 0.0172. The molecule has 2 fully saturated rings. The van der Waals surface area contributed by atoms with E-state index >= 15 is 0 Å². The van der Waals surface area contributed by atoms with Crippen LogP contribution in [0, 0.1) is 0 Å². The Morgan fingerprint density at radius 1 is 0.795 bits per heavy atom. The normalized spacial score (nSPS) is 16.8. The standard InChI is InChI=1S/C33H44N4O2/c38-32(37(27-17-7-2-8-18-27)28-19-9-3-10-20-28)25-36-30-22-13-12-21-29(30)35-31(36)23-11-4-14-24-34-33(39)26-15-5-1-6-16-26/h1,5-6,12-13,15-16,21-22,27-28H,2-4,7-11,14,17-20,23-25H2,(H,34,39). The number of hydrogen-bond donors (Lipinski definition) is 1. The zero-order valence-electron chi connectivity index (χ0n) is 23.3. The molecule has 0 spiro atoms. The molecule has 2 aliphatic rings. The second kappa shape index (κ2) is 13.8. The molecule has 208 valence electrons. The fourth-order valence-electron chi connectivity index (χ4n) is 6.61. The average Bonchev–Trinajstić information content (AvgIpc) is 3.33. The third-order valence-corrected chi connectivity index (χ3v) is 8.65. The molecule has 0 saturated heterocycles. The van der Waals surface area contributed by atoms with Gasteiger partial charge in [0, 0.05) is 30.6 Å². The van der Waals surface area contributed by atoms with Crippen molar-refractivity contribution in [2.24, 2.45) is 0 Å². The lowest BCUT2D eigenvalue weighted by atomic mass is 9.88. The number of hydrogen-bond acceptors (Lipinski definition) is 3. The van der Waals surface area contributed by atoms with Crippen molar-refractivity contribution in [3.05, 3.63) is 66.0 Å². The molecule has 2 amide bonds. The molecule has 0 atom stereocenters. The number of aromatic nitrogens is 2. The van der Waals surface area contributed by atoms with Gasteiger partial charge in [-0.2, -0.15) is 0 Å². The third kappa shape index (κ3) is 7.09. The molecule has 0 bridgehead atoms. The molecule has 1 heterocycles. The molecule has 1 N–H and O–H groups in total. The van der Waals surface area contributed by atoms with Gasteiger partial charge >= 0.3 is 0 Å². The molecule has 2 aromatic carbocycles. The van der Waals surface area contributed by atoms with Crippen molar-refractivity contribution in [1.82, 2.24) is 19.8 Å². The quantitative estimate of drug-likeness (QED) is 0.283. The van der Waals surface area contributed by atoms with E-state index in [9.17, 15) is 9.59 Å². The van der Waals surface area contributed by atoms with Gasteiger partial charge in [-0.15, -0.1) is 0 Å². The number of nitrogens with one attached hydrogen (secondary N) is 1. The summed E-state index contributed by atoms with van der Waals surface area (Å²) < 4.78 is 2.19. The van der Waals surface area contributed by atoms with Gasteiger partial charge in [0.05, 0.1) is 11.0 Å². The highest BCUT2D eigenvalue weighted by Gasteiger charge is 2.33. The van der Waals surface area contributed by atoms with E-state index < -0.39 is 0 Å². The molecule has 0 unspecified atom stereocenters. The van der Waals surface area contributed by atoms with Gasteiger partial charge < -0.3 is 14.8 Å². The highest BCUT2D eigenvalue weighted by atomic mass is 16.2. The summed E-state index contributed by atoms with van der Waals surface area (Å²) >= 11 is 0. The van der Waals surface area contributed by atoms with E-state index in [1.807, 2.05) is 42.5 Å². The number of fused-ring (bicyclic) bond motifs is 1. The molecule has 0 radical (unpaired) electrons. The highest BCUT2D eigenvalue weighted by Crippen LogP contribution is 2.31. The molecule has 2 saturated carbocycles. The van der Waals surface area contributed by atoms with Crippen LogP contribution < -0.4 is 5.32 Å². The van der Waals surface area contributed by atoms with Crippen LogP contribution in [0.4, 0.5) is 0 Å². The number of aryl methyl sites for hydroxylation is 1. The second-order valence-electron chi connectivity index (χ2n) is 11.4. The molecule has 39 heavy (non-hydrogen) atoms. The van der Waals surface area contributed by atoms with Crippen LogP contribution in [0.2, 0.25) is 0 Å². The lowest BCUT2D eigenvalue weighted by molar-refractivity contribution is -0.138. The first-order valence-electron chi connectivity index (χ1n) is 15.3. The van der Waals surface area contributed by atoms with E-state index in [2.05, 4.69) is 26.9 Å². The van der Waals surface area contributed by atoms with Crippen molar-refractivity contribution in [3.8, 4) is 0 Å². The van der Waals surface area contributed by atoms with Crippen molar-refractivity contribution in [2.75, 3.05) is 6.54 Å². The Balaban J connectivity index is 1.22. The summed E-state index contributed by atoms with van der Waals surface area (Å²) in [6, 6.07) is 18.4. The molecule has 5 rings (SSSR count). The maximum Gasteiger partial charge on any atom is 0.251 e. The van der Waals surface area contributed by atoms with Gasteiger partial charge in [0.15, 0.2) is 0 Å². The minimum Gasteiger partial charge on any atom is -0.352 e. The van der Waals surface area contributed by atoms with Crippen molar-refractivity contribution in [3.63, 3.8) is 0 Å². The van der Waals surface area contributed by atoms with E-state index in [1.54, 1.807) is 0 Å². The zero-order valence-corrected chi connectivity index (χ0v) is 23.3. The number of imidazole rings is 1. The van der Waals surface area contributed by atoms with Crippen LogP contribution in [-0.4, -0.2) is 44.9 Å². The van der Waals surface area contributed by atoms with E-state index in [-0.39, 0.29) is 11.8 Å². The summed E-state index contributed by atoms with van der Waals surface area (Å²) in [5.74, 6) is 1.27. The first-order valence-corrected chi connectivity index (χ1v) is 15.3. The van der Waals surface area contributed by atoms with Crippen molar-refractivity contribution < 1.29 is 9.59 Å². The molecular weight excluding hydrogens is 484 g/mol. The van der Waals surface area contributed by atoms with Crippen molar-refractivity contribution >= 4 is 22.8 Å². The van der Waals surface area contributed by atoms with Crippen LogP contribution in [0.25, 0.3) is 11.0 Å². The average molecular weight is 529 g/mol. The largest absolute Gasteiger partial charge is 0.352 e. The van der Waals surface area contributed by atoms with Gasteiger partial charge in [-0.1, -0.05) is 75.3 Å². The summed E-state index contributed by atoms with van der Waals surface area (Å²) in [6.45, 7) is 1.05. The fourth-order valence-corrected chi connectivity index (χ4v) is 6.61. The van der Waals surface area contributed by atoms with Crippen LogP contribution in [-0.2, 0) is 17.8 Å². The molecule has 2 aliphatic carbocycles. The Labute approximate surface area is 233 Å². The SMILES string of the molecule is O=C(NCCCCCc1nc2ccccc2n1CC(=O)N(C1CCCCC1)C1CCCCC1)c1ccccc1. The first-order chi connectivity index (χ1) is 19.2. The Hall–Kier alpha value is -3.15. The van der Waals surface area contributed by atoms with Crippen LogP contribution in [0.3, 0.4) is 0 Å². The van der Waals surface area contributed by atoms with Crippen LogP contribution >= 0.6 is 0 Å². The number of carbonyl (C=O) groups is 2. The van der Waals surface area contributed by atoms with E-state index in [4.69, 9.17) is 4.98 Å². The summed E-state index contributed by atoms with van der Waals surface area (Å²) in [5, 5.41) is 3.02. The van der Waals surface area contributed by atoms with Crippen LogP contribution in [0.15, 0.2) is 54.6 Å². The van der Waals surface area contributed by atoms with Gasteiger partial charge in [0.1, 0.15) is 12.4 Å². The van der Waals surface area contributed by atoms with Gasteiger partial charge in [-0.3, -0.25) is 9.59 Å². The maximum absolute atomic E-state index is 14.0. The number of nitrogens with zero attached hydrogens (tertiary/aromatic N) is 3. The molecule has 6 nitrogen and oxygen atoms in total. The maximum atomic E-state index is 14.0. The lowest BCUT2D eigenvalue weighted by Gasteiger charge is -2.42. The van der Waals surface area contributed by atoms with Crippen LogP contribution in [0.5, 0.6) is 0 Å². The third-order valence-electron chi connectivity index (χ3n) is 8.65. The summed E-state index contributed by atoms with van der Waals surface area (Å²) in [4.78, 5) is 33.6.